The minimum atomic E-state index is -0.339. The smallest absolute Gasteiger partial charge is 0.341 e. The molecule has 2 heterocycles. The molecule has 0 amide bonds. The first-order valence-electron chi connectivity index (χ1n) is 7.25. The van der Waals surface area contributed by atoms with Crippen LogP contribution in [0.5, 0.6) is 0 Å². The van der Waals surface area contributed by atoms with E-state index in [1.807, 2.05) is 59.0 Å². The summed E-state index contributed by atoms with van der Waals surface area (Å²) in [5.74, 6) is -0.339. The highest BCUT2D eigenvalue weighted by Gasteiger charge is 2.17. The van der Waals surface area contributed by atoms with E-state index >= 15 is 0 Å². The number of aromatic nitrogens is 2. The van der Waals surface area contributed by atoms with Gasteiger partial charge in [-0.15, -0.1) is 0 Å². The molecule has 4 heteroatoms. The largest absolute Gasteiger partial charge is 0.462 e. The Hall–Kier alpha value is -2.88. The number of fused-ring (bicyclic) bond motifs is 5. The molecule has 108 valence electrons. The molecule has 0 unspecified atom stereocenters. The fraction of sp³-hybridized carbons (Fsp3) is 0.111. The number of rotatable bonds is 2. The SMILES string of the molecule is CCOC(=O)c1cc2ccccc2n2c1nc1ccccc12. The molecular weight excluding hydrogens is 276 g/mol. The van der Waals surface area contributed by atoms with Gasteiger partial charge in [0.05, 0.1) is 23.2 Å². The first-order valence-corrected chi connectivity index (χ1v) is 7.25. The molecule has 2 aromatic heterocycles. The van der Waals surface area contributed by atoms with Crippen LogP contribution in [0, 0.1) is 0 Å². The standard InChI is InChI=1S/C18H14N2O2/c1-2-22-18(21)13-11-12-7-3-5-9-15(12)20-16-10-6-4-8-14(16)19-17(13)20/h3-11H,2H2,1H3. The van der Waals surface area contributed by atoms with Gasteiger partial charge in [-0.3, -0.25) is 4.40 Å². The molecular formula is C18H14N2O2. The lowest BCUT2D eigenvalue weighted by Gasteiger charge is -2.08. The van der Waals surface area contributed by atoms with Crippen molar-refractivity contribution in [2.24, 2.45) is 0 Å². The second-order valence-corrected chi connectivity index (χ2v) is 5.10. The Bertz CT molecular complexity index is 1020. The first-order chi connectivity index (χ1) is 10.8. The summed E-state index contributed by atoms with van der Waals surface area (Å²) in [5, 5.41) is 0.987. The Balaban J connectivity index is 2.21. The molecule has 4 nitrogen and oxygen atoms in total. The second kappa shape index (κ2) is 4.84. The van der Waals surface area contributed by atoms with Crippen LogP contribution in [-0.2, 0) is 4.74 Å². The van der Waals surface area contributed by atoms with Crippen molar-refractivity contribution < 1.29 is 9.53 Å². The lowest BCUT2D eigenvalue weighted by molar-refractivity contribution is 0.0528. The Morgan fingerprint density at radius 3 is 2.64 bits per heavy atom. The summed E-state index contributed by atoms with van der Waals surface area (Å²) in [7, 11) is 0. The van der Waals surface area contributed by atoms with E-state index in [2.05, 4.69) is 4.98 Å². The Kier molecular flexibility index (Phi) is 2.82. The van der Waals surface area contributed by atoms with Crippen LogP contribution in [-0.4, -0.2) is 22.0 Å². The van der Waals surface area contributed by atoms with Gasteiger partial charge in [-0.25, -0.2) is 9.78 Å². The monoisotopic (exact) mass is 290 g/mol. The molecule has 0 aliphatic carbocycles. The van der Waals surface area contributed by atoms with Crippen molar-refractivity contribution in [3.8, 4) is 0 Å². The van der Waals surface area contributed by atoms with Gasteiger partial charge in [0.1, 0.15) is 5.56 Å². The van der Waals surface area contributed by atoms with Gasteiger partial charge >= 0.3 is 5.97 Å². The van der Waals surface area contributed by atoms with Gasteiger partial charge < -0.3 is 4.74 Å². The van der Waals surface area contributed by atoms with E-state index in [0.717, 1.165) is 21.9 Å². The molecule has 4 rings (SSSR count). The lowest BCUT2D eigenvalue weighted by atomic mass is 10.1. The van der Waals surface area contributed by atoms with E-state index in [1.54, 1.807) is 6.92 Å². The third-order valence-electron chi connectivity index (χ3n) is 3.77. The average molecular weight is 290 g/mol. The number of benzene rings is 2. The van der Waals surface area contributed by atoms with Crippen LogP contribution in [0.15, 0.2) is 54.6 Å². The summed E-state index contributed by atoms with van der Waals surface area (Å²) in [6.45, 7) is 2.15. The predicted octanol–water partition coefficient (Wildman–Crippen LogP) is 3.82. The number of carbonyl (C=O) groups is 1. The molecule has 0 saturated carbocycles. The predicted molar refractivity (Wildman–Crippen MR) is 86.2 cm³/mol. The summed E-state index contributed by atoms with van der Waals surface area (Å²) in [5.41, 5.74) is 4.01. The molecule has 0 bridgehead atoms. The highest BCUT2D eigenvalue weighted by molar-refractivity contribution is 6.03. The molecule has 0 atom stereocenters. The zero-order chi connectivity index (χ0) is 15.1. The lowest BCUT2D eigenvalue weighted by Crippen LogP contribution is -2.07. The van der Waals surface area contributed by atoms with Gasteiger partial charge in [-0.1, -0.05) is 30.3 Å². The number of nitrogens with zero attached hydrogens (tertiary/aromatic N) is 2. The van der Waals surface area contributed by atoms with Crippen LogP contribution in [0.25, 0.3) is 27.6 Å². The van der Waals surface area contributed by atoms with Crippen molar-refractivity contribution in [3.05, 3.63) is 60.2 Å². The normalized spacial score (nSPS) is 11.3. The van der Waals surface area contributed by atoms with E-state index in [-0.39, 0.29) is 5.97 Å². The van der Waals surface area contributed by atoms with Crippen molar-refractivity contribution >= 4 is 33.6 Å². The van der Waals surface area contributed by atoms with Crippen molar-refractivity contribution in [2.45, 2.75) is 6.92 Å². The number of carbonyl (C=O) groups excluding carboxylic acids is 1. The number of pyridine rings is 1. The van der Waals surface area contributed by atoms with E-state index in [1.165, 1.54) is 0 Å². The quantitative estimate of drug-likeness (QED) is 0.527. The van der Waals surface area contributed by atoms with Crippen molar-refractivity contribution in [1.82, 2.24) is 9.38 Å². The van der Waals surface area contributed by atoms with Gasteiger partial charge in [-0.2, -0.15) is 0 Å². The van der Waals surface area contributed by atoms with E-state index in [0.29, 0.717) is 17.8 Å². The molecule has 0 N–H and O–H groups in total. The molecule has 0 radical (unpaired) electrons. The van der Waals surface area contributed by atoms with Crippen molar-refractivity contribution in [3.63, 3.8) is 0 Å². The first kappa shape index (κ1) is 12.8. The maximum Gasteiger partial charge on any atom is 0.341 e. The highest BCUT2D eigenvalue weighted by Crippen LogP contribution is 2.26. The van der Waals surface area contributed by atoms with Gasteiger partial charge in [0.15, 0.2) is 5.65 Å². The summed E-state index contributed by atoms with van der Waals surface area (Å²) < 4.78 is 7.21. The molecule has 0 aliphatic heterocycles. The number of esters is 1. The van der Waals surface area contributed by atoms with Crippen LogP contribution in [0.2, 0.25) is 0 Å². The minimum Gasteiger partial charge on any atom is -0.462 e. The molecule has 22 heavy (non-hydrogen) atoms. The van der Waals surface area contributed by atoms with Crippen molar-refractivity contribution in [1.29, 1.82) is 0 Å². The van der Waals surface area contributed by atoms with Crippen LogP contribution in [0.3, 0.4) is 0 Å². The third-order valence-corrected chi connectivity index (χ3v) is 3.77. The fourth-order valence-corrected chi connectivity index (χ4v) is 2.84. The zero-order valence-electron chi connectivity index (χ0n) is 12.1. The van der Waals surface area contributed by atoms with Crippen LogP contribution < -0.4 is 0 Å². The number of imidazole rings is 1. The van der Waals surface area contributed by atoms with Gasteiger partial charge in [0.25, 0.3) is 0 Å². The summed E-state index contributed by atoms with van der Waals surface area (Å²) >= 11 is 0. The number of ether oxygens (including phenoxy) is 1. The molecule has 2 aromatic carbocycles. The third kappa shape index (κ3) is 1.77. The number of hydrogen-bond acceptors (Lipinski definition) is 3. The van der Waals surface area contributed by atoms with Crippen LogP contribution in [0.4, 0.5) is 0 Å². The van der Waals surface area contributed by atoms with Crippen LogP contribution >= 0.6 is 0 Å². The molecule has 0 spiro atoms. The highest BCUT2D eigenvalue weighted by atomic mass is 16.5. The maximum atomic E-state index is 12.3. The average Bonchev–Trinajstić information content (AvgIpc) is 2.94. The molecule has 0 fully saturated rings. The molecule has 0 aliphatic rings. The Morgan fingerprint density at radius 2 is 1.82 bits per heavy atom. The summed E-state index contributed by atoms with van der Waals surface area (Å²) in [4.78, 5) is 16.9. The Morgan fingerprint density at radius 1 is 1.09 bits per heavy atom. The van der Waals surface area contributed by atoms with Crippen molar-refractivity contribution in [2.75, 3.05) is 6.61 Å². The number of para-hydroxylation sites is 3. The van der Waals surface area contributed by atoms with E-state index < -0.39 is 0 Å². The van der Waals surface area contributed by atoms with Gasteiger partial charge in [-0.05, 0) is 36.6 Å². The Labute approximate surface area is 127 Å². The summed E-state index contributed by atoms with van der Waals surface area (Å²) in [6.07, 6.45) is 0. The molecule has 4 aromatic rings. The van der Waals surface area contributed by atoms with E-state index in [4.69, 9.17) is 4.74 Å². The topological polar surface area (TPSA) is 43.6 Å². The fourth-order valence-electron chi connectivity index (χ4n) is 2.84. The van der Waals surface area contributed by atoms with Gasteiger partial charge in [0.2, 0.25) is 0 Å². The number of hydrogen-bond donors (Lipinski definition) is 0. The second-order valence-electron chi connectivity index (χ2n) is 5.10. The molecule has 0 saturated heterocycles. The van der Waals surface area contributed by atoms with Crippen LogP contribution in [0.1, 0.15) is 17.3 Å². The minimum absolute atomic E-state index is 0.339. The summed E-state index contributed by atoms with van der Waals surface area (Å²) in [6, 6.07) is 17.7. The maximum absolute atomic E-state index is 12.3. The van der Waals surface area contributed by atoms with E-state index in [9.17, 15) is 4.79 Å². The van der Waals surface area contributed by atoms with Gasteiger partial charge in [0, 0.05) is 0 Å². The zero-order valence-corrected chi connectivity index (χ0v) is 12.1.